The summed E-state index contributed by atoms with van der Waals surface area (Å²) in [7, 11) is 0. The monoisotopic (exact) mass is 269 g/mol. The highest BCUT2D eigenvalue weighted by Crippen LogP contribution is 2.31. The molecule has 0 saturated heterocycles. The molecule has 5 heteroatoms. The van der Waals surface area contributed by atoms with Gasteiger partial charge >= 0.3 is 6.18 Å². The van der Waals surface area contributed by atoms with Gasteiger partial charge in [-0.15, -0.1) is 11.8 Å². The van der Waals surface area contributed by atoms with Crippen molar-refractivity contribution < 1.29 is 13.2 Å². The molecular weight excluding hydrogens is 259 g/mol. The smallest absolute Gasteiger partial charge is 0.252 e. The molecule has 0 radical (unpaired) electrons. The van der Waals surface area contributed by atoms with Crippen molar-refractivity contribution in [2.45, 2.75) is 16.8 Å². The zero-order chi connectivity index (χ0) is 13.0. The minimum absolute atomic E-state index is 0.571. The molecule has 0 saturated carbocycles. The molecule has 0 aliphatic carbocycles. The maximum atomic E-state index is 12.5. The van der Waals surface area contributed by atoms with E-state index in [4.69, 9.17) is 0 Å². The van der Waals surface area contributed by atoms with Crippen LogP contribution in [0.4, 0.5) is 13.2 Å². The van der Waals surface area contributed by atoms with Gasteiger partial charge in [0, 0.05) is 16.8 Å². The molecule has 2 aromatic rings. The van der Waals surface area contributed by atoms with Crippen molar-refractivity contribution in [2.75, 3.05) is 0 Å². The van der Waals surface area contributed by atoms with Crippen LogP contribution in [0.25, 0.3) is 0 Å². The second-order valence-electron chi connectivity index (χ2n) is 3.65. The van der Waals surface area contributed by atoms with Crippen molar-refractivity contribution in [3.8, 4) is 0 Å². The van der Waals surface area contributed by atoms with Gasteiger partial charge in [-0.1, -0.05) is 30.3 Å². The first-order valence-electron chi connectivity index (χ1n) is 5.26. The number of nitrogens with zero attached hydrogens (tertiary/aromatic N) is 1. The Labute approximate surface area is 107 Å². The van der Waals surface area contributed by atoms with Crippen molar-refractivity contribution in [3.05, 3.63) is 59.9 Å². The summed E-state index contributed by atoms with van der Waals surface area (Å²) >= 11 is 1.36. The maximum absolute atomic E-state index is 12.5. The Hall–Kier alpha value is -1.49. The number of benzene rings is 1. The van der Waals surface area contributed by atoms with Gasteiger partial charge in [-0.05, 0) is 17.7 Å². The summed E-state index contributed by atoms with van der Waals surface area (Å²) in [6.45, 7) is 0. The Morgan fingerprint density at radius 3 is 2.44 bits per heavy atom. The lowest BCUT2D eigenvalue weighted by Crippen LogP contribution is -2.07. The van der Waals surface area contributed by atoms with Gasteiger partial charge in [0.05, 0.1) is 0 Å². The van der Waals surface area contributed by atoms with Gasteiger partial charge < -0.3 is 0 Å². The maximum Gasteiger partial charge on any atom is 0.433 e. The first-order valence-corrected chi connectivity index (χ1v) is 6.24. The lowest BCUT2D eigenvalue weighted by molar-refractivity contribution is -0.141. The van der Waals surface area contributed by atoms with Gasteiger partial charge in [-0.25, -0.2) is 0 Å². The topological polar surface area (TPSA) is 12.9 Å². The van der Waals surface area contributed by atoms with Crippen molar-refractivity contribution in [1.82, 2.24) is 4.98 Å². The SMILES string of the molecule is FC(F)(F)c1cc(SCc2ccccc2)ccn1. The van der Waals surface area contributed by atoms with Crippen LogP contribution < -0.4 is 0 Å². The molecule has 0 aliphatic rings. The van der Waals surface area contributed by atoms with E-state index in [1.807, 2.05) is 30.3 Å². The van der Waals surface area contributed by atoms with E-state index in [0.29, 0.717) is 10.6 Å². The molecule has 0 atom stereocenters. The van der Waals surface area contributed by atoms with Crippen LogP contribution in [0.5, 0.6) is 0 Å². The Morgan fingerprint density at radius 1 is 1.06 bits per heavy atom. The van der Waals surface area contributed by atoms with Gasteiger partial charge in [0.1, 0.15) is 5.69 Å². The largest absolute Gasteiger partial charge is 0.433 e. The van der Waals surface area contributed by atoms with Gasteiger partial charge in [-0.2, -0.15) is 13.2 Å². The lowest BCUT2D eigenvalue weighted by Gasteiger charge is -2.07. The number of pyridine rings is 1. The van der Waals surface area contributed by atoms with Gasteiger partial charge in [0.15, 0.2) is 0 Å². The van der Waals surface area contributed by atoms with E-state index in [2.05, 4.69) is 4.98 Å². The van der Waals surface area contributed by atoms with E-state index in [1.54, 1.807) is 6.07 Å². The van der Waals surface area contributed by atoms with E-state index >= 15 is 0 Å². The predicted molar refractivity (Wildman–Crippen MR) is 65.2 cm³/mol. The molecule has 1 nitrogen and oxygen atoms in total. The third kappa shape index (κ3) is 3.50. The zero-order valence-electron chi connectivity index (χ0n) is 9.32. The molecule has 1 aromatic carbocycles. The molecule has 0 amide bonds. The van der Waals surface area contributed by atoms with Crippen LogP contribution in [0, 0.1) is 0 Å². The normalized spacial score (nSPS) is 11.5. The highest BCUT2D eigenvalue weighted by molar-refractivity contribution is 7.98. The first-order chi connectivity index (χ1) is 8.55. The number of halogens is 3. The average molecular weight is 269 g/mol. The summed E-state index contributed by atoms with van der Waals surface area (Å²) in [5, 5.41) is 0. The van der Waals surface area contributed by atoms with E-state index in [0.717, 1.165) is 11.6 Å². The molecule has 0 unspecified atom stereocenters. The van der Waals surface area contributed by atoms with Crippen LogP contribution in [0.1, 0.15) is 11.3 Å². The highest BCUT2D eigenvalue weighted by Gasteiger charge is 2.32. The number of hydrogen-bond donors (Lipinski definition) is 0. The van der Waals surface area contributed by atoms with Gasteiger partial charge in [0.25, 0.3) is 0 Å². The zero-order valence-corrected chi connectivity index (χ0v) is 10.1. The first kappa shape index (κ1) is 13.0. The third-order valence-electron chi connectivity index (χ3n) is 2.27. The summed E-state index contributed by atoms with van der Waals surface area (Å²) in [4.78, 5) is 3.90. The Morgan fingerprint density at radius 2 is 1.78 bits per heavy atom. The number of rotatable bonds is 3. The van der Waals surface area contributed by atoms with Crippen molar-refractivity contribution in [1.29, 1.82) is 0 Å². The standard InChI is InChI=1S/C13H10F3NS/c14-13(15,16)12-8-11(6-7-17-12)18-9-10-4-2-1-3-5-10/h1-8H,9H2. The molecule has 0 spiro atoms. The van der Waals surface area contributed by atoms with Crippen molar-refractivity contribution >= 4 is 11.8 Å². The molecule has 0 fully saturated rings. The van der Waals surface area contributed by atoms with Crippen LogP contribution in [0.3, 0.4) is 0 Å². The number of alkyl halides is 3. The molecule has 2 rings (SSSR count). The van der Waals surface area contributed by atoms with Crippen LogP contribution in [0.2, 0.25) is 0 Å². The lowest BCUT2D eigenvalue weighted by atomic mass is 10.2. The molecule has 0 bridgehead atoms. The molecule has 0 aliphatic heterocycles. The fraction of sp³-hybridized carbons (Fsp3) is 0.154. The quantitative estimate of drug-likeness (QED) is 0.766. The summed E-state index contributed by atoms with van der Waals surface area (Å²) in [5.74, 6) is 0.641. The number of aromatic nitrogens is 1. The minimum Gasteiger partial charge on any atom is -0.252 e. The van der Waals surface area contributed by atoms with Crippen LogP contribution in [0.15, 0.2) is 53.6 Å². The summed E-state index contributed by atoms with van der Waals surface area (Å²) in [6.07, 6.45) is -3.19. The average Bonchev–Trinajstić information content (AvgIpc) is 2.37. The van der Waals surface area contributed by atoms with Crippen LogP contribution in [-0.4, -0.2) is 4.98 Å². The van der Waals surface area contributed by atoms with Crippen LogP contribution >= 0.6 is 11.8 Å². The second-order valence-corrected chi connectivity index (χ2v) is 4.70. The second kappa shape index (κ2) is 5.44. The molecular formula is C13H10F3NS. The van der Waals surface area contributed by atoms with E-state index in [1.165, 1.54) is 18.0 Å². The van der Waals surface area contributed by atoms with Crippen LogP contribution in [-0.2, 0) is 11.9 Å². The molecule has 18 heavy (non-hydrogen) atoms. The minimum atomic E-state index is -4.39. The fourth-order valence-electron chi connectivity index (χ4n) is 1.40. The predicted octanol–water partition coefficient (Wildman–Crippen LogP) is 4.39. The summed E-state index contributed by atoms with van der Waals surface area (Å²) in [6, 6.07) is 12.3. The van der Waals surface area contributed by atoms with Gasteiger partial charge in [0.2, 0.25) is 0 Å². The van der Waals surface area contributed by atoms with Crippen molar-refractivity contribution in [3.63, 3.8) is 0 Å². The molecule has 1 heterocycles. The Balaban J connectivity index is 2.06. The highest BCUT2D eigenvalue weighted by atomic mass is 32.2. The van der Waals surface area contributed by atoms with E-state index in [-0.39, 0.29) is 0 Å². The summed E-state index contributed by atoms with van der Waals surface area (Å²) in [5.41, 5.74) is 0.230. The van der Waals surface area contributed by atoms with E-state index < -0.39 is 11.9 Å². The van der Waals surface area contributed by atoms with Gasteiger partial charge in [-0.3, -0.25) is 4.98 Å². The Bertz CT molecular complexity index is 511. The Kier molecular flexibility index (Phi) is 3.91. The molecule has 94 valence electrons. The van der Waals surface area contributed by atoms with E-state index in [9.17, 15) is 13.2 Å². The molecule has 0 N–H and O–H groups in total. The fourth-order valence-corrected chi connectivity index (χ4v) is 2.27. The number of thioether (sulfide) groups is 1. The summed E-state index contributed by atoms with van der Waals surface area (Å²) < 4.78 is 37.4. The van der Waals surface area contributed by atoms with Crippen molar-refractivity contribution in [2.24, 2.45) is 0 Å². The third-order valence-corrected chi connectivity index (χ3v) is 3.34. The number of hydrogen-bond acceptors (Lipinski definition) is 2. The molecule has 1 aromatic heterocycles.